The highest BCUT2D eigenvalue weighted by Crippen LogP contribution is 2.23. The molecule has 2 aromatic carbocycles. The van der Waals surface area contributed by atoms with E-state index in [1.54, 1.807) is 0 Å². The maximum absolute atomic E-state index is 4.89. The molecule has 3 radical (unpaired) electrons. The molecule has 0 unspecified atom stereocenters. The predicted molar refractivity (Wildman–Crippen MR) is 72.0 cm³/mol. The van der Waals surface area contributed by atoms with Crippen LogP contribution in [-0.4, -0.2) is 17.1 Å². The zero-order valence-corrected chi connectivity index (χ0v) is 10.9. The minimum atomic E-state index is 0.695. The molecule has 0 amide bonds. The van der Waals surface area contributed by atoms with Gasteiger partial charge in [-0.3, -0.25) is 0 Å². The molecule has 0 aliphatic heterocycles. The van der Waals surface area contributed by atoms with Gasteiger partial charge in [-0.2, -0.15) is 0 Å². The molecule has 0 atom stereocenters. The van der Waals surface area contributed by atoms with Crippen LogP contribution < -0.4 is 0 Å². The smallest absolute Gasteiger partial charge is 0.246 e. The van der Waals surface area contributed by atoms with Gasteiger partial charge in [0.1, 0.15) is 0 Å². The Morgan fingerprint density at radius 2 is 1.71 bits per heavy atom. The van der Waals surface area contributed by atoms with E-state index in [9.17, 15) is 0 Å². The van der Waals surface area contributed by atoms with Crippen molar-refractivity contribution in [2.24, 2.45) is 0 Å². The van der Waals surface area contributed by atoms with Crippen molar-refractivity contribution in [3.63, 3.8) is 0 Å². The van der Waals surface area contributed by atoms with E-state index in [4.69, 9.17) is 4.43 Å². The molecular formula is C15H15OSi. The van der Waals surface area contributed by atoms with Gasteiger partial charge in [0.15, 0.2) is 0 Å². The maximum Gasteiger partial charge on any atom is 0.246 e. The fourth-order valence-electron chi connectivity index (χ4n) is 1.92. The highest BCUT2D eigenvalue weighted by atomic mass is 28.2. The Kier molecular flexibility index (Phi) is 4.12. The zero-order valence-electron chi connectivity index (χ0n) is 9.94. The summed E-state index contributed by atoms with van der Waals surface area (Å²) in [6.07, 6.45) is 0.928. The molecule has 0 aliphatic rings. The molecule has 0 N–H and O–H groups in total. The average molecular weight is 239 g/mol. The Morgan fingerprint density at radius 3 is 2.35 bits per heavy atom. The summed E-state index contributed by atoms with van der Waals surface area (Å²) in [6.45, 7) is 2.84. The number of hydrogen-bond donors (Lipinski definition) is 0. The van der Waals surface area contributed by atoms with Crippen LogP contribution in [0.25, 0.3) is 11.1 Å². The standard InChI is InChI=1S/C15H15OSi/c1-12-4-2-3-5-15(12)14-8-6-13(7-9-14)10-11-16-17/h2-9H,10-11H2,1H3. The van der Waals surface area contributed by atoms with E-state index in [2.05, 4.69) is 65.9 Å². The third-order valence-electron chi connectivity index (χ3n) is 2.90. The lowest BCUT2D eigenvalue weighted by Crippen LogP contribution is -1.95. The molecule has 0 heterocycles. The summed E-state index contributed by atoms with van der Waals surface area (Å²) in [5.74, 6) is 0. The normalized spacial score (nSPS) is 10.5. The molecule has 85 valence electrons. The molecular weight excluding hydrogens is 224 g/mol. The van der Waals surface area contributed by atoms with E-state index in [0.29, 0.717) is 6.61 Å². The monoisotopic (exact) mass is 239 g/mol. The van der Waals surface area contributed by atoms with Crippen LogP contribution in [0.3, 0.4) is 0 Å². The molecule has 0 aromatic heterocycles. The van der Waals surface area contributed by atoms with Gasteiger partial charge in [-0.05, 0) is 35.6 Å². The minimum absolute atomic E-state index is 0.695. The Hall–Kier alpha value is -1.38. The van der Waals surface area contributed by atoms with E-state index in [1.165, 1.54) is 22.3 Å². The quantitative estimate of drug-likeness (QED) is 0.744. The van der Waals surface area contributed by atoms with Gasteiger partial charge in [0.2, 0.25) is 10.5 Å². The van der Waals surface area contributed by atoms with Crippen LogP contribution in [0.4, 0.5) is 0 Å². The number of rotatable bonds is 4. The Balaban J connectivity index is 2.21. The molecule has 0 bridgehead atoms. The van der Waals surface area contributed by atoms with Gasteiger partial charge in [-0.1, -0.05) is 48.5 Å². The highest BCUT2D eigenvalue weighted by molar-refractivity contribution is 5.97. The Labute approximate surface area is 106 Å². The Morgan fingerprint density at radius 1 is 1.00 bits per heavy atom. The second kappa shape index (κ2) is 5.80. The van der Waals surface area contributed by atoms with Crippen molar-refractivity contribution in [2.45, 2.75) is 13.3 Å². The molecule has 2 rings (SSSR count). The second-order valence-electron chi connectivity index (χ2n) is 4.11. The topological polar surface area (TPSA) is 9.23 Å². The van der Waals surface area contributed by atoms with Crippen molar-refractivity contribution in [3.05, 3.63) is 59.7 Å². The van der Waals surface area contributed by atoms with Crippen LogP contribution in [0.5, 0.6) is 0 Å². The Bertz CT molecular complexity index is 477. The number of benzene rings is 2. The van der Waals surface area contributed by atoms with Crippen molar-refractivity contribution >= 4 is 10.5 Å². The van der Waals surface area contributed by atoms with Crippen molar-refractivity contribution in [2.75, 3.05) is 6.61 Å². The molecule has 0 saturated heterocycles. The van der Waals surface area contributed by atoms with Crippen molar-refractivity contribution in [1.29, 1.82) is 0 Å². The highest BCUT2D eigenvalue weighted by Gasteiger charge is 2.00. The predicted octanol–water partition coefficient (Wildman–Crippen LogP) is 3.30. The molecule has 2 aromatic rings. The molecule has 0 saturated carbocycles. The van der Waals surface area contributed by atoms with Crippen LogP contribution >= 0.6 is 0 Å². The van der Waals surface area contributed by atoms with Crippen LogP contribution in [0.2, 0.25) is 0 Å². The molecule has 1 nitrogen and oxygen atoms in total. The van der Waals surface area contributed by atoms with Gasteiger partial charge in [-0.25, -0.2) is 0 Å². The summed E-state index contributed by atoms with van der Waals surface area (Å²) < 4.78 is 4.89. The van der Waals surface area contributed by atoms with Crippen LogP contribution in [0.1, 0.15) is 11.1 Å². The number of aryl methyl sites for hydroxylation is 1. The van der Waals surface area contributed by atoms with E-state index < -0.39 is 0 Å². The fraction of sp³-hybridized carbons (Fsp3) is 0.200. The molecule has 0 spiro atoms. The third-order valence-corrected chi connectivity index (χ3v) is 3.11. The van der Waals surface area contributed by atoms with E-state index >= 15 is 0 Å². The van der Waals surface area contributed by atoms with Gasteiger partial charge in [0.05, 0.1) is 0 Å². The van der Waals surface area contributed by atoms with Crippen molar-refractivity contribution < 1.29 is 4.43 Å². The first kappa shape index (κ1) is 12.1. The van der Waals surface area contributed by atoms with Crippen LogP contribution in [0.15, 0.2) is 48.5 Å². The van der Waals surface area contributed by atoms with E-state index in [1.807, 2.05) is 0 Å². The molecule has 2 heteroatoms. The molecule has 17 heavy (non-hydrogen) atoms. The lowest BCUT2D eigenvalue weighted by Gasteiger charge is -2.07. The van der Waals surface area contributed by atoms with Crippen LogP contribution in [0, 0.1) is 6.92 Å². The first-order chi connectivity index (χ1) is 8.31. The minimum Gasteiger partial charge on any atom is -0.418 e. The van der Waals surface area contributed by atoms with E-state index in [0.717, 1.165) is 6.42 Å². The van der Waals surface area contributed by atoms with Gasteiger partial charge in [0, 0.05) is 6.61 Å². The van der Waals surface area contributed by atoms with E-state index in [-0.39, 0.29) is 0 Å². The second-order valence-corrected chi connectivity index (χ2v) is 4.40. The van der Waals surface area contributed by atoms with Crippen molar-refractivity contribution in [3.8, 4) is 11.1 Å². The maximum atomic E-state index is 4.89. The summed E-state index contributed by atoms with van der Waals surface area (Å²) in [7, 11) is 3.01. The van der Waals surface area contributed by atoms with Crippen molar-refractivity contribution in [1.82, 2.24) is 0 Å². The summed E-state index contributed by atoms with van der Waals surface area (Å²) in [5, 5.41) is 0. The van der Waals surface area contributed by atoms with Gasteiger partial charge in [0.25, 0.3) is 0 Å². The summed E-state index contributed by atoms with van der Waals surface area (Å²) in [4.78, 5) is 0. The zero-order chi connectivity index (χ0) is 12.1. The average Bonchev–Trinajstić information content (AvgIpc) is 2.38. The largest absolute Gasteiger partial charge is 0.418 e. The molecule has 0 aliphatic carbocycles. The lowest BCUT2D eigenvalue weighted by atomic mass is 9.99. The van der Waals surface area contributed by atoms with Gasteiger partial charge in [-0.15, -0.1) is 0 Å². The molecule has 0 fully saturated rings. The van der Waals surface area contributed by atoms with Gasteiger partial charge < -0.3 is 4.43 Å². The SMILES string of the molecule is Cc1ccccc1-c1ccc(CCO[Si])cc1. The summed E-state index contributed by atoms with van der Waals surface area (Å²) >= 11 is 0. The first-order valence-corrected chi connectivity index (χ1v) is 6.15. The van der Waals surface area contributed by atoms with Gasteiger partial charge >= 0.3 is 0 Å². The summed E-state index contributed by atoms with van der Waals surface area (Å²) in [5.41, 5.74) is 5.17. The lowest BCUT2D eigenvalue weighted by molar-refractivity contribution is 0.354. The third kappa shape index (κ3) is 3.05. The first-order valence-electron chi connectivity index (χ1n) is 5.75. The van der Waals surface area contributed by atoms with Crippen LogP contribution in [-0.2, 0) is 10.8 Å². The summed E-state index contributed by atoms with van der Waals surface area (Å²) in [6, 6.07) is 17.1. The number of hydrogen-bond acceptors (Lipinski definition) is 1. The fourth-order valence-corrected chi connectivity index (χ4v) is 2.02.